The Hall–Kier alpha value is -2.40. The van der Waals surface area contributed by atoms with E-state index in [0.717, 1.165) is 5.52 Å². The lowest BCUT2D eigenvalue weighted by Gasteiger charge is -2.05. The van der Waals surface area contributed by atoms with Crippen LogP contribution in [0.5, 0.6) is 0 Å². The van der Waals surface area contributed by atoms with E-state index in [-0.39, 0.29) is 5.91 Å². The summed E-state index contributed by atoms with van der Waals surface area (Å²) >= 11 is 5.85. The number of imidazole rings is 1. The van der Waals surface area contributed by atoms with Gasteiger partial charge in [-0.1, -0.05) is 17.7 Å². The average molecular weight is 273 g/mol. The van der Waals surface area contributed by atoms with Gasteiger partial charge < -0.3 is 10.3 Å². The predicted octanol–water partition coefficient (Wildman–Crippen LogP) is 2.86. The summed E-state index contributed by atoms with van der Waals surface area (Å²) in [4.78, 5) is 23.1. The molecule has 1 aromatic carbocycles. The molecule has 2 aromatic heterocycles. The van der Waals surface area contributed by atoms with E-state index in [0.29, 0.717) is 21.9 Å². The van der Waals surface area contributed by atoms with Crippen LogP contribution < -0.4 is 5.32 Å². The van der Waals surface area contributed by atoms with Crippen molar-refractivity contribution in [3.05, 3.63) is 53.4 Å². The van der Waals surface area contributed by atoms with Crippen molar-refractivity contribution in [2.75, 3.05) is 5.32 Å². The first-order valence-electron chi connectivity index (χ1n) is 5.58. The molecule has 6 heteroatoms. The second-order valence-corrected chi connectivity index (χ2v) is 4.40. The van der Waals surface area contributed by atoms with Crippen molar-refractivity contribution in [1.82, 2.24) is 15.0 Å². The highest BCUT2D eigenvalue weighted by atomic mass is 35.5. The topological polar surface area (TPSA) is 70.7 Å². The van der Waals surface area contributed by atoms with Crippen LogP contribution in [0.2, 0.25) is 5.02 Å². The molecule has 3 aromatic rings. The lowest BCUT2D eigenvalue weighted by atomic mass is 10.2. The maximum Gasteiger partial charge on any atom is 0.255 e. The number of benzene rings is 1. The third kappa shape index (κ3) is 2.41. The van der Waals surface area contributed by atoms with Crippen LogP contribution in [0.25, 0.3) is 11.2 Å². The lowest BCUT2D eigenvalue weighted by Crippen LogP contribution is -2.11. The first kappa shape index (κ1) is 11.7. The van der Waals surface area contributed by atoms with Crippen LogP contribution >= 0.6 is 11.6 Å². The normalized spacial score (nSPS) is 10.6. The van der Waals surface area contributed by atoms with Crippen LogP contribution in [0.1, 0.15) is 10.4 Å². The number of hydrogen-bond acceptors (Lipinski definition) is 3. The van der Waals surface area contributed by atoms with Crippen molar-refractivity contribution in [3.8, 4) is 0 Å². The van der Waals surface area contributed by atoms with Crippen LogP contribution in [-0.4, -0.2) is 20.9 Å². The summed E-state index contributed by atoms with van der Waals surface area (Å²) < 4.78 is 0. The Bertz CT molecular complexity index is 753. The second kappa shape index (κ2) is 4.70. The molecule has 94 valence electrons. The lowest BCUT2D eigenvalue weighted by molar-refractivity contribution is 0.102. The molecule has 0 radical (unpaired) electrons. The van der Waals surface area contributed by atoms with Crippen molar-refractivity contribution < 1.29 is 4.79 Å². The van der Waals surface area contributed by atoms with Crippen LogP contribution in [-0.2, 0) is 0 Å². The largest absolute Gasteiger partial charge is 0.343 e. The van der Waals surface area contributed by atoms with Gasteiger partial charge >= 0.3 is 0 Å². The summed E-state index contributed by atoms with van der Waals surface area (Å²) in [5.41, 5.74) is 2.48. The first-order valence-corrected chi connectivity index (χ1v) is 5.96. The molecule has 0 saturated heterocycles. The van der Waals surface area contributed by atoms with E-state index in [1.807, 2.05) is 0 Å². The molecule has 0 bridgehead atoms. The summed E-state index contributed by atoms with van der Waals surface area (Å²) in [6, 6.07) is 8.53. The minimum absolute atomic E-state index is 0.233. The van der Waals surface area contributed by atoms with Gasteiger partial charge in [0.15, 0.2) is 5.65 Å². The molecule has 0 spiro atoms. The fraction of sp³-hybridized carbons (Fsp3) is 0. The maximum atomic E-state index is 12.0. The summed E-state index contributed by atoms with van der Waals surface area (Å²) in [5, 5.41) is 3.28. The van der Waals surface area contributed by atoms with Gasteiger partial charge in [-0.3, -0.25) is 4.79 Å². The molecule has 0 aliphatic heterocycles. The fourth-order valence-corrected chi connectivity index (χ4v) is 1.92. The number of nitrogens with one attached hydrogen (secondary N) is 2. The minimum atomic E-state index is -0.233. The maximum absolute atomic E-state index is 12.0. The van der Waals surface area contributed by atoms with Gasteiger partial charge in [0.1, 0.15) is 0 Å². The van der Waals surface area contributed by atoms with Gasteiger partial charge in [-0.2, -0.15) is 0 Å². The SMILES string of the molecule is O=C(Nc1cnc2nc[nH]c2c1)c1cccc(Cl)c1. The standard InChI is InChI=1S/C13H9ClN4O/c14-9-3-1-2-8(4-9)13(19)18-10-5-11-12(15-6-10)17-7-16-11/h1-7H,(H,18,19)(H,15,16,17). The Kier molecular flexibility index (Phi) is 2.89. The average Bonchev–Trinajstić information content (AvgIpc) is 2.86. The molecule has 0 aliphatic carbocycles. The smallest absolute Gasteiger partial charge is 0.255 e. The van der Waals surface area contributed by atoms with Crippen molar-refractivity contribution in [3.63, 3.8) is 0 Å². The highest BCUT2D eigenvalue weighted by molar-refractivity contribution is 6.31. The molecule has 2 N–H and O–H groups in total. The number of nitrogens with zero attached hydrogens (tertiary/aromatic N) is 2. The van der Waals surface area contributed by atoms with Crippen LogP contribution in [0.15, 0.2) is 42.9 Å². The van der Waals surface area contributed by atoms with E-state index in [1.54, 1.807) is 42.9 Å². The number of rotatable bonds is 2. The second-order valence-electron chi connectivity index (χ2n) is 3.96. The Morgan fingerprint density at radius 3 is 3.00 bits per heavy atom. The molecule has 0 fully saturated rings. The molecule has 3 rings (SSSR count). The van der Waals surface area contributed by atoms with Crippen molar-refractivity contribution in [1.29, 1.82) is 0 Å². The Labute approximate surface area is 113 Å². The number of aromatic nitrogens is 3. The zero-order valence-corrected chi connectivity index (χ0v) is 10.5. The molecule has 2 heterocycles. The number of amides is 1. The third-order valence-electron chi connectivity index (χ3n) is 2.62. The van der Waals surface area contributed by atoms with Gasteiger partial charge in [0.05, 0.1) is 23.7 Å². The molecule has 0 saturated carbocycles. The summed E-state index contributed by atoms with van der Waals surface area (Å²) in [6.07, 6.45) is 3.12. The molecule has 5 nitrogen and oxygen atoms in total. The number of anilines is 1. The Balaban J connectivity index is 1.86. The van der Waals surface area contributed by atoms with Gasteiger partial charge in [0.25, 0.3) is 5.91 Å². The number of hydrogen-bond donors (Lipinski definition) is 2. The van der Waals surface area contributed by atoms with Crippen molar-refractivity contribution in [2.45, 2.75) is 0 Å². The number of halogens is 1. The molecule has 19 heavy (non-hydrogen) atoms. The zero-order valence-electron chi connectivity index (χ0n) is 9.72. The van der Waals surface area contributed by atoms with Crippen molar-refractivity contribution in [2.24, 2.45) is 0 Å². The van der Waals surface area contributed by atoms with Crippen molar-refractivity contribution >= 4 is 34.4 Å². The van der Waals surface area contributed by atoms with E-state index in [9.17, 15) is 4.79 Å². The van der Waals surface area contributed by atoms with Crippen LogP contribution in [0.3, 0.4) is 0 Å². The number of carbonyl (C=O) groups is 1. The summed E-state index contributed by atoms with van der Waals surface area (Å²) in [7, 11) is 0. The van der Waals surface area contributed by atoms with E-state index >= 15 is 0 Å². The number of pyridine rings is 1. The predicted molar refractivity (Wildman–Crippen MR) is 73.3 cm³/mol. The van der Waals surface area contributed by atoms with Gasteiger partial charge in [-0.15, -0.1) is 0 Å². The van der Waals surface area contributed by atoms with E-state index in [4.69, 9.17) is 11.6 Å². The number of carbonyl (C=O) groups excluding carboxylic acids is 1. The molecule has 0 atom stereocenters. The molecule has 0 aliphatic rings. The third-order valence-corrected chi connectivity index (χ3v) is 2.85. The minimum Gasteiger partial charge on any atom is -0.343 e. The fourth-order valence-electron chi connectivity index (χ4n) is 1.73. The highest BCUT2D eigenvalue weighted by Gasteiger charge is 2.07. The number of aromatic amines is 1. The summed E-state index contributed by atoms with van der Waals surface area (Å²) in [6.45, 7) is 0. The first-order chi connectivity index (χ1) is 9.22. The number of fused-ring (bicyclic) bond motifs is 1. The van der Waals surface area contributed by atoms with Crippen LogP contribution in [0.4, 0.5) is 5.69 Å². The quantitative estimate of drug-likeness (QED) is 0.753. The zero-order chi connectivity index (χ0) is 13.2. The van der Waals surface area contributed by atoms with E-state index in [2.05, 4.69) is 20.3 Å². The molecular formula is C13H9ClN4O. The molecule has 0 unspecified atom stereocenters. The molecular weight excluding hydrogens is 264 g/mol. The number of H-pyrrole nitrogens is 1. The van der Waals surface area contributed by atoms with Gasteiger partial charge in [-0.25, -0.2) is 9.97 Å². The van der Waals surface area contributed by atoms with Gasteiger partial charge in [0.2, 0.25) is 0 Å². The van der Waals surface area contributed by atoms with Gasteiger partial charge in [-0.05, 0) is 24.3 Å². The Morgan fingerprint density at radius 1 is 1.26 bits per heavy atom. The van der Waals surface area contributed by atoms with Crippen LogP contribution in [0, 0.1) is 0 Å². The Morgan fingerprint density at radius 2 is 2.16 bits per heavy atom. The van der Waals surface area contributed by atoms with E-state index < -0.39 is 0 Å². The molecule has 1 amide bonds. The monoisotopic (exact) mass is 272 g/mol. The van der Waals surface area contributed by atoms with E-state index in [1.165, 1.54) is 0 Å². The van der Waals surface area contributed by atoms with Gasteiger partial charge in [0, 0.05) is 10.6 Å². The highest BCUT2D eigenvalue weighted by Crippen LogP contribution is 2.15. The summed E-state index contributed by atoms with van der Waals surface area (Å²) in [5.74, 6) is -0.233.